The Morgan fingerprint density at radius 2 is 1.65 bits per heavy atom. The zero-order chi connectivity index (χ0) is 17.0. The van der Waals surface area contributed by atoms with E-state index in [-0.39, 0.29) is 5.41 Å². The predicted octanol–water partition coefficient (Wildman–Crippen LogP) is 3.26. The number of benzene rings is 1. The lowest BCUT2D eigenvalue weighted by Gasteiger charge is -2.22. The molecule has 0 aliphatic heterocycles. The summed E-state index contributed by atoms with van der Waals surface area (Å²) in [4.78, 5) is 28.2. The normalized spacial score (nSPS) is 11.0. The van der Waals surface area contributed by atoms with Crippen molar-refractivity contribution in [3.05, 3.63) is 53.7 Å². The molecule has 0 fully saturated rings. The standard InChI is InChI=1S/C18H21N3O2/c1-12-9-10-19-15(11-12)21-17(23)16(22)20-14-8-6-5-7-13(14)18(2,3)4/h5-11H,1-4H3,(H,20,22)(H,19,21,23). The van der Waals surface area contributed by atoms with E-state index < -0.39 is 11.8 Å². The Kier molecular flexibility index (Phi) is 4.79. The lowest BCUT2D eigenvalue weighted by Crippen LogP contribution is -2.30. The number of anilines is 2. The van der Waals surface area contributed by atoms with Gasteiger partial charge in [-0.2, -0.15) is 0 Å². The lowest BCUT2D eigenvalue weighted by atomic mass is 9.86. The van der Waals surface area contributed by atoms with E-state index in [0.717, 1.165) is 11.1 Å². The first-order chi connectivity index (χ1) is 10.8. The second-order valence-electron chi connectivity index (χ2n) is 6.42. The van der Waals surface area contributed by atoms with Gasteiger partial charge in [-0.3, -0.25) is 9.59 Å². The van der Waals surface area contributed by atoms with Crippen LogP contribution in [0.25, 0.3) is 0 Å². The van der Waals surface area contributed by atoms with E-state index in [0.29, 0.717) is 11.5 Å². The van der Waals surface area contributed by atoms with Gasteiger partial charge in [0.15, 0.2) is 0 Å². The quantitative estimate of drug-likeness (QED) is 0.836. The van der Waals surface area contributed by atoms with Crippen LogP contribution < -0.4 is 10.6 Å². The van der Waals surface area contributed by atoms with Gasteiger partial charge in [-0.1, -0.05) is 39.0 Å². The number of amides is 2. The maximum atomic E-state index is 12.1. The van der Waals surface area contributed by atoms with Crippen molar-refractivity contribution >= 4 is 23.3 Å². The van der Waals surface area contributed by atoms with Crippen LogP contribution in [0.3, 0.4) is 0 Å². The first-order valence-electron chi connectivity index (χ1n) is 7.42. The van der Waals surface area contributed by atoms with Gasteiger partial charge in [0, 0.05) is 11.9 Å². The molecule has 120 valence electrons. The molecule has 0 spiro atoms. The molecule has 0 aliphatic rings. The minimum Gasteiger partial charge on any atom is -0.317 e. The van der Waals surface area contributed by atoms with Crippen LogP contribution in [0.4, 0.5) is 11.5 Å². The summed E-state index contributed by atoms with van der Waals surface area (Å²) in [6.07, 6.45) is 1.58. The maximum Gasteiger partial charge on any atom is 0.315 e. The average molecular weight is 311 g/mol. The van der Waals surface area contributed by atoms with Crippen molar-refractivity contribution in [2.24, 2.45) is 0 Å². The lowest BCUT2D eigenvalue weighted by molar-refractivity contribution is -0.133. The molecule has 0 aliphatic carbocycles. The summed E-state index contributed by atoms with van der Waals surface area (Å²) >= 11 is 0. The molecule has 2 N–H and O–H groups in total. The summed E-state index contributed by atoms with van der Waals surface area (Å²) in [5.74, 6) is -1.11. The van der Waals surface area contributed by atoms with Crippen LogP contribution in [0.15, 0.2) is 42.6 Å². The van der Waals surface area contributed by atoms with E-state index in [1.807, 2.05) is 31.2 Å². The molecule has 0 bridgehead atoms. The Hall–Kier alpha value is -2.69. The van der Waals surface area contributed by atoms with Crippen molar-refractivity contribution in [2.75, 3.05) is 10.6 Å². The number of aromatic nitrogens is 1. The third-order valence-electron chi connectivity index (χ3n) is 3.35. The highest BCUT2D eigenvalue weighted by Gasteiger charge is 2.21. The number of pyridine rings is 1. The second-order valence-corrected chi connectivity index (χ2v) is 6.42. The SMILES string of the molecule is Cc1ccnc(NC(=O)C(=O)Nc2ccccc2C(C)(C)C)c1. The molecule has 1 aromatic heterocycles. The van der Waals surface area contributed by atoms with Crippen LogP contribution in [0.5, 0.6) is 0 Å². The van der Waals surface area contributed by atoms with Crippen LogP contribution in [0.1, 0.15) is 31.9 Å². The highest BCUT2D eigenvalue weighted by molar-refractivity contribution is 6.43. The number of hydrogen-bond acceptors (Lipinski definition) is 3. The van der Waals surface area contributed by atoms with Crippen molar-refractivity contribution in [1.29, 1.82) is 0 Å². The van der Waals surface area contributed by atoms with Gasteiger partial charge in [0.05, 0.1) is 0 Å². The van der Waals surface area contributed by atoms with Crippen LogP contribution >= 0.6 is 0 Å². The van der Waals surface area contributed by atoms with Crippen LogP contribution in [0, 0.1) is 6.92 Å². The van der Waals surface area contributed by atoms with Crippen LogP contribution in [-0.4, -0.2) is 16.8 Å². The zero-order valence-electron chi connectivity index (χ0n) is 13.8. The number of hydrogen-bond donors (Lipinski definition) is 2. The predicted molar refractivity (Wildman–Crippen MR) is 91.4 cm³/mol. The Bertz CT molecular complexity index is 733. The third-order valence-corrected chi connectivity index (χ3v) is 3.35. The van der Waals surface area contributed by atoms with Crippen molar-refractivity contribution in [1.82, 2.24) is 4.98 Å². The Balaban J connectivity index is 2.12. The van der Waals surface area contributed by atoms with Crippen molar-refractivity contribution in [3.63, 3.8) is 0 Å². The molecule has 23 heavy (non-hydrogen) atoms. The Morgan fingerprint density at radius 1 is 1.00 bits per heavy atom. The van der Waals surface area contributed by atoms with Gasteiger partial charge in [-0.05, 0) is 41.7 Å². The molecule has 0 radical (unpaired) electrons. The van der Waals surface area contributed by atoms with Crippen LogP contribution in [0.2, 0.25) is 0 Å². The van der Waals surface area contributed by atoms with E-state index >= 15 is 0 Å². The molecule has 0 atom stereocenters. The molecule has 0 saturated heterocycles. The number of carbonyl (C=O) groups excluding carboxylic acids is 2. The number of nitrogens with one attached hydrogen (secondary N) is 2. The number of para-hydroxylation sites is 1. The molecule has 5 nitrogen and oxygen atoms in total. The topological polar surface area (TPSA) is 71.1 Å². The third kappa shape index (κ3) is 4.39. The number of nitrogens with zero attached hydrogens (tertiary/aromatic N) is 1. The summed E-state index contributed by atoms with van der Waals surface area (Å²) in [5, 5.41) is 5.17. The summed E-state index contributed by atoms with van der Waals surface area (Å²) in [6, 6.07) is 11.0. The molecule has 2 amide bonds. The van der Waals surface area contributed by atoms with E-state index in [1.165, 1.54) is 0 Å². The fraction of sp³-hybridized carbons (Fsp3) is 0.278. The molecular weight excluding hydrogens is 290 g/mol. The minimum atomic E-state index is -0.744. The van der Waals surface area contributed by atoms with Crippen molar-refractivity contribution in [2.45, 2.75) is 33.1 Å². The molecule has 2 rings (SSSR count). The molecule has 5 heteroatoms. The minimum absolute atomic E-state index is 0.140. The summed E-state index contributed by atoms with van der Waals surface area (Å²) < 4.78 is 0. The second kappa shape index (κ2) is 6.60. The highest BCUT2D eigenvalue weighted by Crippen LogP contribution is 2.29. The molecule has 1 heterocycles. The first-order valence-corrected chi connectivity index (χ1v) is 7.42. The summed E-state index contributed by atoms with van der Waals surface area (Å²) in [7, 11) is 0. The largest absolute Gasteiger partial charge is 0.317 e. The summed E-state index contributed by atoms with van der Waals surface area (Å²) in [6.45, 7) is 8.04. The van der Waals surface area contributed by atoms with Gasteiger partial charge < -0.3 is 10.6 Å². The number of rotatable bonds is 2. The monoisotopic (exact) mass is 311 g/mol. The van der Waals surface area contributed by atoms with Gasteiger partial charge in [0.25, 0.3) is 0 Å². The molecule has 0 unspecified atom stereocenters. The summed E-state index contributed by atoms with van der Waals surface area (Å²) in [5.41, 5.74) is 2.42. The smallest absolute Gasteiger partial charge is 0.315 e. The van der Waals surface area contributed by atoms with Gasteiger partial charge in [0.1, 0.15) is 5.82 Å². The van der Waals surface area contributed by atoms with E-state index in [4.69, 9.17) is 0 Å². The van der Waals surface area contributed by atoms with E-state index in [9.17, 15) is 9.59 Å². The fourth-order valence-electron chi connectivity index (χ4n) is 2.20. The average Bonchev–Trinajstić information content (AvgIpc) is 2.46. The fourth-order valence-corrected chi connectivity index (χ4v) is 2.20. The Morgan fingerprint density at radius 3 is 2.30 bits per heavy atom. The maximum absolute atomic E-state index is 12.1. The van der Waals surface area contributed by atoms with Gasteiger partial charge in [0.2, 0.25) is 0 Å². The van der Waals surface area contributed by atoms with Gasteiger partial charge in [-0.25, -0.2) is 4.98 Å². The van der Waals surface area contributed by atoms with E-state index in [1.54, 1.807) is 18.3 Å². The molecule has 2 aromatic rings. The van der Waals surface area contributed by atoms with Crippen molar-refractivity contribution in [3.8, 4) is 0 Å². The zero-order valence-corrected chi connectivity index (χ0v) is 13.8. The van der Waals surface area contributed by atoms with Gasteiger partial charge >= 0.3 is 11.8 Å². The molecule has 1 aromatic carbocycles. The highest BCUT2D eigenvalue weighted by atomic mass is 16.2. The molecule has 0 saturated carbocycles. The van der Waals surface area contributed by atoms with Crippen LogP contribution in [-0.2, 0) is 15.0 Å². The van der Waals surface area contributed by atoms with Gasteiger partial charge in [-0.15, -0.1) is 0 Å². The van der Waals surface area contributed by atoms with Crippen molar-refractivity contribution < 1.29 is 9.59 Å². The van der Waals surface area contributed by atoms with E-state index in [2.05, 4.69) is 36.4 Å². The Labute approximate surface area is 136 Å². The first kappa shape index (κ1) is 16.7. The number of carbonyl (C=O) groups is 2. The molecular formula is C18H21N3O2. The number of aryl methyl sites for hydroxylation is 1.